The number of para-hydroxylation sites is 1. The molecule has 1 saturated heterocycles. The third-order valence-electron chi connectivity index (χ3n) is 7.99. The maximum Gasteiger partial charge on any atom is 0.356 e. The van der Waals surface area contributed by atoms with Gasteiger partial charge in [0.25, 0.3) is 0 Å². The molecule has 0 radical (unpaired) electrons. The number of rotatable bonds is 11. The van der Waals surface area contributed by atoms with E-state index in [1.165, 1.54) is 48.6 Å². The largest absolute Gasteiger partial charge is 0.487 e. The summed E-state index contributed by atoms with van der Waals surface area (Å²) in [4.78, 5) is 49.8. The number of aromatic nitrogens is 2. The maximum absolute atomic E-state index is 13.0. The number of hydrogen-bond donors (Lipinski definition) is 1. The number of ether oxygens (including phenoxy) is 2. The van der Waals surface area contributed by atoms with Crippen LogP contribution < -0.4 is 19.9 Å². The molecule has 0 spiro atoms. The minimum atomic E-state index is -0.521. The van der Waals surface area contributed by atoms with Gasteiger partial charge in [-0.2, -0.15) is 0 Å². The van der Waals surface area contributed by atoms with Gasteiger partial charge in [-0.1, -0.05) is 41.4 Å². The van der Waals surface area contributed by atoms with Crippen LogP contribution in [0.1, 0.15) is 53.5 Å². The third kappa shape index (κ3) is 8.24. The van der Waals surface area contributed by atoms with Crippen molar-refractivity contribution in [1.82, 2.24) is 15.3 Å². The minimum absolute atomic E-state index is 0.0540. The van der Waals surface area contributed by atoms with Gasteiger partial charge in [0.05, 0.1) is 23.9 Å². The highest BCUT2D eigenvalue weighted by Crippen LogP contribution is 2.37. The van der Waals surface area contributed by atoms with Gasteiger partial charge in [0.15, 0.2) is 0 Å². The average molecular weight is 691 g/mol. The third-order valence-corrected chi connectivity index (χ3v) is 8.77. The Morgan fingerprint density at radius 1 is 1.06 bits per heavy atom. The molecule has 1 fully saturated rings. The van der Waals surface area contributed by atoms with Crippen LogP contribution in [-0.2, 0) is 20.9 Å². The summed E-state index contributed by atoms with van der Waals surface area (Å²) in [5.41, 5.74) is 4.54. The fourth-order valence-electron chi connectivity index (χ4n) is 5.44. The summed E-state index contributed by atoms with van der Waals surface area (Å²) in [7, 11) is 1.57. The van der Waals surface area contributed by atoms with Gasteiger partial charge in [0, 0.05) is 59.8 Å². The zero-order valence-corrected chi connectivity index (χ0v) is 28.6. The van der Waals surface area contributed by atoms with Crippen molar-refractivity contribution in [3.8, 4) is 5.75 Å². The molecular weight excluding hydrogens is 653 g/mol. The van der Waals surface area contributed by atoms with E-state index in [4.69, 9.17) is 37.7 Å². The SMILES string of the molecule is CCOC(=O)c1ccc(C=CC(=O)NCC(=O)N(C)c2ccc(Cl)c(COc3cccc4c(N5CCCCC5)cc(C)nc34)c2Cl)cn1. The molecule has 2 amide bonds. The second-order valence-electron chi connectivity index (χ2n) is 11.3. The number of anilines is 2. The Morgan fingerprint density at radius 2 is 1.85 bits per heavy atom. The number of fused-ring (bicyclic) bond motifs is 1. The van der Waals surface area contributed by atoms with E-state index >= 15 is 0 Å². The number of esters is 1. The van der Waals surface area contributed by atoms with Crippen LogP contribution in [0.4, 0.5) is 11.4 Å². The van der Waals surface area contributed by atoms with Gasteiger partial charge < -0.3 is 24.6 Å². The summed E-state index contributed by atoms with van der Waals surface area (Å²) in [6.45, 7) is 5.75. The standard InChI is InChI=1S/C36H37Cl2N5O5/c1-4-47-36(46)28-14-11-24(20-39-28)12-16-32(44)40-21-33(45)42(3)29-15-13-27(37)26(34(29)38)22-48-31-10-8-9-25-30(19-23(2)41-35(25)31)43-17-6-5-7-18-43/h8-16,19-20H,4-7,17-18,21-22H2,1-3H3,(H,40,44). The zero-order chi connectivity index (χ0) is 34.2. The molecular formula is C36H37Cl2N5O5. The molecule has 0 saturated carbocycles. The monoisotopic (exact) mass is 689 g/mol. The van der Waals surface area contributed by atoms with E-state index in [1.807, 2.05) is 19.1 Å². The summed E-state index contributed by atoms with van der Waals surface area (Å²) < 4.78 is 11.2. The maximum atomic E-state index is 13.0. The van der Waals surface area contributed by atoms with Gasteiger partial charge in [-0.25, -0.2) is 14.8 Å². The van der Waals surface area contributed by atoms with Crippen molar-refractivity contribution in [2.24, 2.45) is 0 Å². The second kappa shape index (κ2) is 16.0. The topological polar surface area (TPSA) is 114 Å². The molecule has 0 unspecified atom stereocenters. The molecule has 10 nitrogen and oxygen atoms in total. The molecule has 48 heavy (non-hydrogen) atoms. The first kappa shape index (κ1) is 34.7. The van der Waals surface area contributed by atoms with Crippen LogP contribution in [0.15, 0.2) is 60.8 Å². The number of likely N-dealkylation sites (N-methyl/N-ethyl adjacent to an activating group) is 1. The number of carbonyl (C=O) groups excluding carboxylic acids is 3. The number of halogens is 2. The molecule has 0 aliphatic carbocycles. The van der Waals surface area contributed by atoms with Crippen molar-refractivity contribution in [3.63, 3.8) is 0 Å². The van der Waals surface area contributed by atoms with E-state index in [0.29, 0.717) is 27.6 Å². The molecule has 0 bridgehead atoms. The fraction of sp³-hybridized carbons (Fsp3) is 0.306. The number of piperidine rings is 1. The quantitative estimate of drug-likeness (QED) is 0.135. The van der Waals surface area contributed by atoms with Gasteiger partial charge in [0.2, 0.25) is 11.8 Å². The number of hydrogen-bond acceptors (Lipinski definition) is 8. The van der Waals surface area contributed by atoms with Crippen LogP contribution in [0.3, 0.4) is 0 Å². The number of pyridine rings is 2. The Bertz CT molecular complexity index is 1840. The molecule has 2 aromatic heterocycles. The van der Waals surface area contributed by atoms with Crippen LogP contribution in [0, 0.1) is 6.92 Å². The van der Waals surface area contributed by atoms with Crippen molar-refractivity contribution in [2.75, 3.05) is 43.1 Å². The Kier molecular flexibility index (Phi) is 11.5. The van der Waals surface area contributed by atoms with E-state index < -0.39 is 17.8 Å². The highest BCUT2D eigenvalue weighted by molar-refractivity contribution is 6.38. The number of carbonyl (C=O) groups is 3. The molecule has 5 rings (SSSR count). The van der Waals surface area contributed by atoms with Crippen LogP contribution in [-0.4, -0.2) is 61.0 Å². The molecule has 4 aromatic rings. The van der Waals surface area contributed by atoms with Crippen molar-refractivity contribution in [1.29, 1.82) is 0 Å². The first-order valence-electron chi connectivity index (χ1n) is 15.8. The molecule has 3 heterocycles. The van der Waals surface area contributed by atoms with Gasteiger partial charge in [-0.05, 0) is 75.1 Å². The van der Waals surface area contributed by atoms with Crippen molar-refractivity contribution in [2.45, 2.75) is 39.7 Å². The molecule has 1 aliphatic heterocycles. The number of amides is 2. The minimum Gasteiger partial charge on any atom is -0.487 e. The normalized spacial score (nSPS) is 13.1. The average Bonchev–Trinajstić information content (AvgIpc) is 3.09. The van der Waals surface area contributed by atoms with Crippen molar-refractivity contribution >= 4 is 69.3 Å². The van der Waals surface area contributed by atoms with E-state index in [9.17, 15) is 14.4 Å². The molecule has 0 atom stereocenters. The molecule has 250 valence electrons. The van der Waals surface area contributed by atoms with Gasteiger partial charge in [0.1, 0.15) is 23.6 Å². The lowest BCUT2D eigenvalue weighted by molar-refractivity contribution is -0.122. The predicted octanol–water partition coefficient (Wildman–Crippen LogP) is 6.78. The van der Waals surface area contributed by atoms with Gasteiger partial charge >= 0.3 is 5.97 Å². The van der Waals surface area contributed by atoms with Crippen LogP contribution in [0.5, 0.6) is 5.75 Å². The number of aryl methyl sites for hydroxylation is 1. The van der Waals surface area contributed by atoms with Gasteiger partial charge in [-0.15, -0.1) is 0 Å². The second-order valence-corrected chi connectivity index (χ2v) is 12.1. The highest BCUT2D eigenvalue weighted by atomic mass is 35.5. The van der Waals surface area contributed by atoms with Crippen LogP contribution in [0.2, 0.25) is 10.0 Å². The first-order chi connectivity index (χ1) is 23.2. The first-order valence-corrected chi connectivity index (χ1v) is 16.5. The van der Waals surface area contributed by atoms with E-state index in [1.54, 1.807) is 32.2 Å². The van der Waals surface area contributed by atoms with E-state index in [-0.39, 0.29) is 30.5 Å². The van der Waals surface area contributed by atoms with E-state index in [2.05, 4.69) is 27.3 Å². The Morgan fingerprint density at radius 3 is 2.58 bits per heavy atom. The predicted molar refractivity (Wildman–Crippen MR) is 189 cm³/mol. The number of benzene rings is 2. The zero-order valence-electron chi connectivity index (χ0n) is 27.1. The fourth-order valence-corrected chi connectivity index (χ4v) is 6.05. The summed E-state index contributed by atoms with van der Waals surface area (Å²) in [6.07, 6.45) is 7.83. The summed E-state index contributed by atoms with van der Waals surface area (Å²) in [6, 6.07) is 14.5. The Balaban J connectivity index is 1.23. The summed E-state index contributed by atoms with van der Waals surface area (Å²) in [5.74, 6) is -0.789. The van der Waals surface area contributed by atoms with Crippen LogP contribution >= 0.6 is 23.2 Å². The molecule has 1 aliphatic rings. The Hall–Kier alpha value is -4.67. The number of nitrogens with one attached hydrogen (secondary N) is 1. The van der Waals surface area contributed by atoms with Gasteiger partial charge in [-0.3, -0.25) is 9.59 Å². The Labute approximate surface area is 289 Å². The smallest absolute Gasteiger partial charge is 0.356 e. The van der Waals surface area contributed by atoms with Crippen molar-refractivity contribution < 1.29 is 23.9 Å². The lowest BCUT2D eigenvalue weighted by Gasteiger charge is -2.30. The molecule has 2 aromatic carbocycles. The van der Waals surface area contributed by atoms with Crippen molar-refractivity contribution in [3.05, 3.63) is 93.4 Å². The number of nitrogens with zero attached hydrogens (tertiary/aromatic N) is 4. The lowest BCUT2D eigenvalue weighted by atomic mass is 10.1. The van der Waals surface area contributed by atoms with E-state index in [0.717, 1.165) is 35.4 Å². The summed E-state index contributed by atoms with van der Waals surface area (Å²) >= 11 is 13.4. The highest BCUT2D eigenvalue weighted by Gasteiger charge is 2.21. The lowest BCUT2D eigenvalue weighted by Crippen LogP contribution is -2.37. The molecule has 1 N–H and O–H groups in total. The summed E-state index contributed by atoms with van der Waals surface area (Å²) in [5, 5.41) is 4.26. The van der Waals surface area contributed by atoms with Crippen LogP contribution in [0.25, 0.3) is 17.0 Å². The molecule has 12 heteroatoms.